The Hall–Kier alpha value is -1.68. The Balaban J connectivity index is 2.10. The summed E-state index contributed by atoms with van der Waals surface area (Å²) in [6.07, 6.45) is 3.93. The van der Waals surface area contributed by atoms with Crippen LogP contribution in [0.25, 0.3) is 0 Å². The first kappa shape index (κ1) is 17.7. The van der Waals surface area contributed by atoms with E-state index in [1.165, 1.54) is 29.7 Å². The van der Waals surface area contributed by atoms with Gasteiger partial charge in [0, 0.05) is 24.4 Å². The van der Waals surface area contributed by atoms with Gasteiger partial charge in [-0.05, 0) is 18.6 Å². The molecular weight excluding hydrogens is 349 g/mol. The standard InChI is InChI=1S/C13H13F3N4OS2/c1-2-3-6-9-19-20-12(22-9)18-10(21)8-5-4-7-17-11(8)23-13(14,15)16/h4-5,7H,2-3,6H2,1H3,(H,18,20,21). The molecule has 0 unspecified atom stereocenters. The SMILES string of the molecule is CCCCc1nnc(NC(=O)c2cccnc2SC(F)(F)F)s1. The molecule has 1 N–H and O–H groups in total. The number of halogens is 3. The zero-order chi connectivity index (χ0) is 16.9. The summed E-state index contributed by atoms with van der Waals surface area (Å²) < 4.78 is 37.5. The van der Waals surface area contributed by atoms with E-state index in [2.05, 4.69) is 20.5 Å². The Bertz CT molecular complexity index is 675. The van der Waals surface area contributed by atoms with Gasteiger partial charge in [-0.3, -0.25) is 10.1 Å². The fraction of sp³-hybridized carbons (Fsp3) is 0.385. The van der Waals surface area contributed by atoms with E-state index in [1.54, 1.807) is 0 Å². The average Bonchev–Trinajstić information content (AvgIpc) is 2.91. The zero-order valence-electron chi connectivity index (χ0n) is 12.1. The first-order chi connectivity index (χ1) is 10.9. The number of nitrogens with one attached hydrogen (secondary N) is 1. The van der Waals surface area contributed by atoms with Gasteiger partial charge < -0.3 is 0 Å². The molecule has 2 rings (SSSR count). The number of amides is 1. The first-order valence-corrected chi connectivity index (χ1v) is 8.37. The van der Waals surface area contributed by atoms with Crippen LogP contribution in [0.1, 0.15) is 35.1 Å². The highest BCUT2D eigenvalue weighted by Gasteiger charge is 2.32. The van der Waals surface area contributed by atoms with Crippen molar-refractivity contribution in [2.24, 2.45) is 0 Å². The van der Waals surface area contributed by atoms with Crippen molar-refractivity contribution in [2.45, 2.75) is 36.7 Å². The lowest BCUT2D eigenvalue weighted by atomic mass is 10.3. The Morgan fingerprint density at radius 1 is 1.39 bits per heavy atom. The van der Waals surface area contributed by atoms with Crippen molar-refractivity contribution in [3.8, 4) is 0 Å². The molecule has 0 spiro atoms. The monoisotopic (exact) mass is 362 g/mol. The van der Waals surface area contributed by atoms with E-state index < -0.39 is 28.2 Å². The molecule has 0 aliphatic heterocycles. The fourth-order valence-electron chi connectivity index (χ4n) is 1.65. The molecule has 2 aromatic heterocycles. The summed E-state index contributed by atoms with van der Waals surface area (Å²) in [5, 5.41) is 10.9. The zero-order valence-corrected chi connectivity index (χ0v) is 13.7. The third-order valence-electron chi connectivity index (χ3n) is 2.66. The van der Waals surface area contributed by atoms with Gasteiger partial charge in [0.25, 0.3) is 5.91 Å². The second-order valence-corrected chi connectivity index (χ2v) is 6.58. The van der Waals surface area contributed by atoms with Gasteiger partial charge in [0.2, 0.25) is 5.13 Å². The molecule has 0 fully saturated rings. The summed E-state index contributed by atoms with van der Waals surface area (Å²) in [6, 6.07) is 2.69. The highest BCUT2D eigenvalue weighted by molar-refractivity contribution is 8.00. The third-order valence-corrected chi connectivity index (χ3v) is 4.31. The molecule has 0 saturated carbocycles. The van der Waals surface area contributed by atoms with Crippen molar-refractivity contribution >= 4 is 34.1 Å². The Kier molecular flexibility index (Phi) is 5.94. The fourth-order valence-corrected chi connectivity index (χ4v) is 3.03. The topological polar surface area (TPSA) is 67.8 Å². The minimum atomic E-state index is -4.51. The van der Waals surface area contributed by atoms with Crippen molar-refractivity contribution in [3.05, 3.63) is 28.9 Å². The van der Waals surface area contributed by atoms with Crippen LogP contribution in [0.3, 0.4) is 0 Å². The minimum Gasteiger partial charge on any atom is -0.296 e. The number of thioether (sulfide) groups is 1. The maximum Gasteiger partial charge on any atom is 0.447 e. The Labute approximate surface area is 138 Å². The first-order valence-electron chi connectivity index (χ1n) is 6.73. The van der Waals surface area contributed by atoms with Crippen LogP contribution in [-0.4, -0.2) is 26.6 Å². The van der Waals surface area contributed by atoms with Gasteiger partial charge in [-0.15, -0.1) is 10.2 Å². The summed E-state index contributed by atoms with van der Waals surface area (Å²) in [7, 11) is 0. The molecule has 10 heteroatoms. The summed E-state index contributed by atoms with van der Waals surface area (Å²) in [5.74, 6) is -0.692. The lowest BCUT2D eigenvalue weighted by Crippen LogP contribution is -2.14. The average molecular weight is 362 g/mol. The molecule has 2 heterocycles. The molecule has 0 aliphatic carbocycles. The minimum absolute atomic E-state index is 0.153. The van der Waals surface area contributed by atoms with Crippen LogP contribution in [0, 0.1) is 0 Å². The maximum atomic E-state index is 12.5. The molecule has 1 amide bonds. The van der Waals surface area contributed by atoms with Gasteiger partial charge >= 0.3 is 5.51 Å². The van der Waals surface area contributed by atoms with Gasteiger partial charge in [0.1, 0.15) is 10.0 Å². The van der Waals surface area contributed by atoms with Gasteiger partial charge in [-0.2, -0.15) is 13.2 Å². The van der Waals surface area contributed by atoms with Crippen molar-refractivity contribution in [1.82, 2.24) is 15.2 Å². The maximum absolute atomic E-state index is 12.5. The van der Waals surface area contributed by atoms with Gasteiger partial charge in [-0.1, -0.05) is 24.7 Å². The summed E-state index contributed by atoms with van der Waals surface area (Å²) in [6.45, 7) is 2.05. The predicted octanol–water partition coefficient (Wildman–Crippen LogP) is 4.14. The predicted molar refractivity (Wildman–Crippen MR) is 82.6 cm³/mol. The van der Waals surface area contributed by atoms with E-state index in [0.717, 1.165) is 24.3 Å². The van der Waals surface area contributed by atoms with Crippen molar-refractivity contribution < 1.29 is 18.0 Å². The number of aromatic nitrogens is 3. The molecule has 23 heavy (non-hydrogen) atoms. The van der Waals surface area contributed by atoms with Gasteiger partial charge in [0.05, 0.1) is 5.56 Å². The number of carbonyl (C=O) groups excluding carboxylic acids is 1. The largest absolute Gasteiger partial charge is 0.447 e. The Morgan fingerprint density at radius 3 is 2.87 bits per heavy atom. The number of anilines is 1. The molecule has 0 atom stereocenters. The molecule has 0 saturated heterocycles. The van der Waals surface area contributed by atoms with Crippen LogP contribution in [0.5, 0.6) is 0 Å². The molecular formula is C13H13F3N4OS2. The van der Waals surface area contributed by atoms with Gasteiger partial charge in [0.15, 0.2) is 0 Å². The number of alkyl halides is 3. The normalized spacial score (nSPS) is 11.5. The molecule has 124 valence electrons. The van der Waals surface area contributed by atoms with E-state index in [9.17, 15) is 18.0 Å². The van der Waals surface area contributed by atoms with Crippen LogP contribution in [0.2, 0.25) is 0 Å². The highest BCUT2D eigenvalue weighted by atomic mass is 32.2. The quantitative estimate of drug-likeness (QED) is 0.782. The van der Waals surface area contributed by atoms with Crippen molar-refractivity contribution in [3.63, 3.8) is 0 Å². The van der Waals surface area contributed by atoms with E-state index in [4.69, 9.17) is 0 Å². The Morgan fingerprint density at radius 2 is 2.17 bits per heavy atom. The summed E-state index contributed by atoms with van der Waals surface area (Å²) in [5.41, 5.74) is -4.67. The van der Waals surface area contributed by atoms with E-state index in [0.29, 0.717) is 0 Å². The summed E-state index contributed by atoms with van der Waals surface area (Å²) >= 11 is 0.789. The van der Waals surface area contributed by atoms with E-state index in [-0.39, 0.29) is 10.7 Å². The van der Waals surface area contributed by atoms with Crippen molar-refractivity contribution in [1.29, 1.82) is 0 Å². The van der Waals surface area contributed by atoms with E-state index >= 15 is 0 Å². The molecule has 0 aromatic carbocycles. The van der Waals surface area contributed by atoms with Crippen LogP contribution in [0.15, 0.2) is 23.4 Å². The van der Waals surface area contributed by atoms with Crippen LogP contribution in [0.4, 0.5) is 18.3 Å². The lowest BCUT2D eigenvalue weighted by molar-refractivity contribution is -0.0329. The van der Waals surface area contributed by atoms with Gasteiger partial charge in [-0.25, -0.2) is 4.98 Å². The third kappa shape index (κ3) is 5.47. The van der Waals surface area contributed by atoms with Crippen molar-refractivity contribution in [2.75, 3.05) is 5.32 Å². The highest BCUT2D eigenvalue weighted by Crippen LogP contribution is 2.37. The number of carbonyl (C=O) groups is 1. The van der Waals surface area contributed by atoms with E-state index in [1.807, 2.05) is 6.92 Å². The number of nitrogens with zero attached hydrogens (tertiary/aromatic N) is 3. The number of aryl methyl sites for hydroxylation is 1. The number of hydrogen-bond donors (Lipinski definition) is 1. The summed E-state index contributed by atoms with van der Waals surface area (Å²) in [4.78, 5) is 15.8. The number of unbranched alkanes of at least 4 members (excludes halogenated alkanes) is 1. The van der Waals surface area contributed by atoms with Crippen LogP contribution < -0.4 is 5.32 Å². The smallest absolute Gasteiger partial charge is 0.296 e. The molecule has 0 radical (unpaired) electrons. The molecule has 5 nitrogen and oxygen atoms in total. The number of pyridine rings is 1. The van der Waals surface area contributed by atoms with Crippen LogP contribution >= 0.6 is 23.1 Å². The second-order valence-electron chi connectivity index (χ2n) is 4.46. The molecule has 0 bridgehead atoms. The second kappa shape index (κ2) is 7.73. The number of hydrogen-bond acceptors (Lipinski definition) is 6. The molecule has 0 aliphatic rings. The molecule has 2 aromatic rings. The lowest BCUT2D eigenvalue weighted by Gasteiger charge is -2.08. The van der Waals surface area contributed by atoms with Crippen LogP contribution in [-0.2, 0) is 6.42 Å². The number of rotatable bonds is 6.